The second-order valence-corrected chi connectivity index (χ2v) is 8.98. The number of ether oxygens (including phenoxy) is 2. The van der Waals surface area contributed by atoms with Crippen molar-refractivity contribution in [2.75, 3.05) is 20.3 Å². The lowest BCUT2D eigenvalue weighted by Crippen LogP contribution is -2.49. The number of nitrogens with one attached hydrogen (secondary N) is 1. The van der Waals surface area contributed by atoms with Gasteiger partial charge in [0.15, 0.2) is 11.5 Å². The molecule has 37 heavy (non-hydrogen) atoms. The Labute approximate surface area is 220 Å². The Morgan fingerprint density at radius 3 is 2.22 bits per heavy atom. The highest BCUT2D eigenvalue weighted by Crippen LogP contribution is 2.29. The molecule has 0 bridgehead atoms. The maximum absolute atomic E-state index is 13.7. The fourth-order valence-corrected chi connectivity index (χ4v) is 4.37. The molecule has 1 N–H and O–H groups in total. The first-order valence-electron chi connectivity index (χ1n) is 12.9. The molecule has 196 valence electrons. The minimum Gasteiger partial charge on any atom is -0.490 e. The van der Waals surface area contributed by atoms with Crippen LogP contribution in [0.5, 0.6) is 11.5 Å². The molecule has 6 heteroatoms. The molecule has 0 fully saturated rings. The molecule has 0 unspecified atom stereocenters. The zero-order valence-electron chi connectivity index (χ0n) is 22.3. The number of hydrogen-bond acceptors (Lipinski definition) is 4. The van der Waals surface area contributed by atoms with Crippen molar-refractivity contribution in [1.29, 1.82) is 0 Å². The van der Waals surface area contributed by atoms with Gasteiger partial charge in [-0.25, -0.2) is 0 Å². The van der Waals surface area contributed by atoms with Gasteiger partial charge in [-0.1, -0.05) is 66.2 Å². The van der Waals surface area contributed by atoms with Gasteiger partial charge in [-0.05, 0) is 56.0 Å². The zero-order valence-corrected chi connectivity index (χ0v) is 22.3. The van der Waals surface area contributed by atoms with Crippen LogP contribution in [0.1, 0.15) is 42.5 Å². The first-order chi connectivity index (χ1) is 17.9. The predicted molar refractivity (Wildman–Crippen MR) is 147 cm³/mol. The summed E-state index contributed by atoms with van der Waals surface area (Å²) in [6.45, 7) is 7.33. The Balaban J connectivity index is 1.86. The van der Waals surface area contributed by atoms with Crippen molar-refractivity contribution >= 4 is 11.8 Å². The zero-order chi connectivity index (χ0) is 26.6. The van der Waals surface area contributed by atoms with Crippen molar-refractivity contribution in [3.63, 3.8) is 0 Å². The summed E-state index contributed by atoms with van der Waals surface area (Å²) < 4.78 is 11.4. The summed E-state index contributed by atoms with van der Waals surface area (Å²) in [4.78, 5) is 28.5. The van der Waals surface area contributed by atoms with Crippen molar-refractivity contribution in [2.45, 2.75) is 52.6 Å². The normalized spacial score (nSPS) is 11.5. The van der Waals surface area contributed by atoms with Crippen LogP contribution in [-0.2, 0) is 29.0 Å². The van der Waals surface area contributed by atoms with Crippen LogP contribution in [0.4, 0.5) is 0 Å². The van der Waals surface area contributed by atoms with Crippen LogP contribution in [0.3, 0.4) is 0 Å². The molecule has 1 atom stereocenters. The molecule has 0 spiro atoms. The van der Waals surface area contributed by atoms with E-state index in [1.165, 1.54) is 0 Å². The maximum Gasteiger partial charge on any atom is 0.242 e. The maximum atomic E-state index is 13.7. The smallest absolute Gasteiger partial charge is 0.242 e. The van der Waals surface area contributed by atoms with Gasteiger partial charge in [-0.2, -0.15) is 0 Å². The average Bonchev–Trinajstić information content (AvgIpc) is 2.91. The molecular formula is C31H38N2O4. The fourth-order valence-electron chi connectivity index (χ4n) is 4.37. The molecule has 6 nitrogen and oxygen atoms in total. The number of amides is 2. The summed E-state index contributed by atoms with van der Waals surface area (Å²) in [6.07, 6.45) is 1.24. The lowest BCUT2D eigenvalue weighted by atomic mass is 10.0. The Bertz CT molecular complexity index is 1160. The minimum absolute atomic E-state index is 0.0714. The molecule has 0 aliphatic heterocycles. The Kier molecular flexibility index (Phi) is 10.6. The summed E-state index contributed by atoms with van der Waals surface area (Å²) in [5.74, 6) is 1.13. The van der Waals surface area contributed by atoms with Gasteiger partial charge in [0, 0.05) is 26.4 Å². The van der Waals surface area contributed by atoms with Crippen LogP contribution in [-0.4, -0.2) is 43.0 Å². The molecule has 3 aromatic rings. The number of rotatable bonds is 13. The minimum atomic E-state index is -0.625. The van der Waals surface area contributed by atoms with Crippen molar-refractivity contribution in [2.24, 2.45) is 0 Å². The van der Waals surface area contributed by atoms with E-state index < -0.39 is 6.04 Å². The third-order valence-corrected chi connectivity index (χ3v) is 6.19. The fraction of sp³-hybridized carbons (Fsp3) is 0.355. The molecule has 0 radical (unpaired) electrons. The van der Waals surface area contributed by atoms with Gasteiger partial charge in [0.2, 0.25) is 11.8 Å². The van der Waals surface area contributed by atoms with Crippen LogP contribution in [0.2, 0.25) is 0 Å². The standard InChI is InChI=1S/C31H38N2O4/c1-5-36-28-17-15-25(21-29(28)37-6-2)16-18-30(34)33(22-26-14-10-11-23(3)19-26)27(31(35)32-4)20-24-12-8-7-9-13-24/h7-15,17,19,21,27H,5-6,16,18,20,22H2,1-4H3,(H,32,35)/t27-/m1/s1. The summed E-state index contributed by atoms with van der Waals surface area (Å²) in [5.41, 5.74) is 4.10. The summed E-state index contributed by atoms with van der Waals surface area (Å²) in [6, 6.07) is 23.0. The SMILES string of the molecule is CCOc1ccc(CCC(=O)N(Cc2cccc(C)c2)[C@H](Cc2ccccc2)C(=O)NC)cc1OCC. The predicted octanol–water partition coefficient (Wildman–Crippen LogP) is 5.11. The van der Waals surface area contributed by atoms with E-state index >= 15 is 0 Å². The van der Waals surface area contributed by atoms with E-state index in [9.17, 15) is 9.59 Å². The van der Waals surface area contributed by atoms with Gasteiger partial charge in [0.05, 0.1) is 13.2 Å². The van der Waals surface area contributed by atoms with Gasteiger partial charge >= 0.3 is 0 Å². The number of carbonyl (C=O) groups is 2. The molecule has 0 saturated carbocycles. The van der Waals surface area contributed by atoms with Gasteiger partial charge in [-0.3, -0.25) is 9.59 Å². The Hall–Kier alpha value is -3.80. The third kappa shape index (κ3) is 8.10. The largest absolute Gasteiger partial charge is 0.490 e. The molecule has 2 amide bonds. The van der Waals surface area contributed by atoms with Gasteiger partial charge in [0.1, 0.15) is 6.04 Å². The highest BCUT2D eigenvalue weighted by Gasteiger charge is 2.29. The Morgan fingerprint density at radius 2 is 1.54 bits per heavy atom. The monoisotopic (exact) mass is 502 g/mol. The molecule has 0 heterocycles. The van der Waals surface area contributed by atoms with Crippen molar-refractivity contribution in [1.82, 2.24) is 10.2 Å². The second-order valence-electron chi connectivity index (χ2n) is 8.98. The lowest BCUT2D eigenvalue weighted by molar-refractivity contribution is -0.141. The van der Waals surface area contributed by atoms with Gasteiger partial charge < -0.3 is 19.7 Å². The average molecular weight is 503 g/mol. The van der Waals surface area contributed by atoms with Crippen LogP contribution in [0.25, 0.3) is 0 Å². The molecular weight excluding hydrogens is 464 g/mol. The highest BCUT2D eigenvalue weighted by molar-refractivity contribution is 5.88. The summed E-state index contributed by atoms with van der Waals surface area (Å²) in [5, 5.41) is 2.77. The van der Waals surface area contributed by atoms with Crippen LogP contribution in [0.15, 0.2) is 72.8 Å². The summed E-state index contributed by atoms with van der Waals surface area (Å²) >= 11 is 0. The lowest BCUT2D eigenvalue weighted by Gasteiger charge is -2.31. The number of carbonyl (C=O) groups excluding carboxylic acids is 2. The van der Waals surface area contributed by atoms with E-state index in [0.717, 1.165) is 22.3 Å². The first-order valence-corrected chi connectivity index (χ1v) is 12.9. The van der Waals surface area contributed by atoms with E-state index in [2.05, 4.69) is 11.4 Å². The van der Waals surface area contributed by atoms with Crippen LogP contribution < -0.4 is 14.8 Å². The van der Waals surface area contributed by atoms with E-state index in [1.807, 2.05) is 87.5 Å². The van der Waals surface area contributed by atoms with Crippen molar-refractivity contribution in [3.05, 3.63) is 95.1 Å². The van der Waals surface area contributed by atoms with Gasteiger partial charge in [0.25, 0.3) is 0 Å². The number of benzene rings is 3. The number of hydrogen-bond donors (Lipinski definition) is 1. The molecule has 0 saturated heterocycles. The molecule has 0 aliphatic rings. The van der Waals surface area contributed by atoms with Gasteiger partial charge in [-0.15, -0.1) is 0 Å². The third-order valence-electron chi connectivity index (χ3n) is 6.19. The topological polar surface area (TPSA) is 67.9 Å². The van der Waals surface area contributed by atoms with E-state index in [4.69, 9.17) is 9.47 Å². The first kappa shape index (κ1) is 27.8. The quantitative estimate of drug-likeness (QED) is 0.353. The number of nitrogens with zero attached hydrogens (tertiary/aromatic N) is 1. The second kappa shape index (κ2) is 14.1. The number of aryl methyl sites for hydroxylation is 2. The number of likely N-dealkylation sites (N-methyl/N-ethyl adjacent to an activating group) is 1. The Morgan fingerprint density at radius 1 is 0.838 bits per heavy atom. The molecule has 3 rings (SSSR count). The van der Waals surface area contributed by atoms with Crippen LogP contribution in [0, 0.1) is 6.92 Å². The summed E-state index contributed by atoms with van der Waals surface area (Å²) in [7, 11) is 1.62. The molecule has 0 aromatic heterocycles. The van der Waals surface area contributed by atoms with E-state index in [1.54, 1.807) is 11.9 Å². The molecule has 3 aromatic carbocycles. The highest BCUT2D eigenvalue weighted by atomic mass is 16.5. The van der Waals surface area contributed by atoms with Crippen molar-refractivity contribution < 1.29 is 19.1 Å². The van der Waals surface area contributed by atoms with Crippen molar-refractivity contribution in [3.8, 4) is 11.5 Å². The molecule has 0 aliphatic carbocycles. The van der Waals surface area contributed by atoms with Crippen LogP contribution >= 0.6 is 0 Å². The van der Waals surface area contributed by atoms with E-state index in [-0.39, 0.29) is 18.2 Å². The van der Waals surface area contributed by atoms with E-state index in [0.29, 0.717) is 44.1 Å².